The van der Waals surface area contributed by atoms with Gasteiger partial charge >= 0.3 is 0 Å². The van der Waals surface area contributed by atoms with E-state index in [1.165, 1.54) is 0 Å². The number of nitrogens with two attached hydrogens (primary N) is 1. The second-order valence-corrected chi connectivity index (χ2v) is 2.87. The Labute approximate surface area is 81.4 Å². The smallest absolute Gasteiger partial charge is 0.191 e. The van der Waals surface area contributed by atoms with Crippen LogP contribution >= 0.6 is 0 Å². The van der Waals surface area contributed by atoms with Gasteiger partial charge < -0.3 is 15.5 Å². The average molecular weight is 186 g/mol. The van der Waals surface area contributed by atoms with E-state index in [2.05, 4.69) is 21.8 Å². The summed E-state index contributed by atoms with van der Waals surface area (Å²) in [7, 11) is 3.85. The lowest BCUT2D eigenvalue weighted by Gasteiger charge is -2.32. The first-order valence-corrected chi connectivity index (χ1v) is 4.90. The van der Waals surface area contributed by atoms with Gasteiger partial charge in [0.1, 0.15) is 0 Å². The van der Waals surface area contributed by atoms with Crippen molar-refractivity contribution in [1.29, 1.82) is 0 Å². The molecule has 4 heteroatoms. The van der Waals surface area contributed by atoms with Crippen molar-refractivity contribution in [1.82, 2.24) is 9.80 Å². The van der Waals surface area contributed by atoms with Crippen molar-refractivity contribution in [2.75, 3.05) is 40.3 Å². The van der Waals surface area contributed by atoms with Gasteiger partial charge in [0.05, 0.1) is 0 Å². The third-order valence-electron chi connectivity index (χ3n) is 2.06. The topological polar surface area (TPSA) is 44.9 Å². The molecule has 0 aliphatic carbocycles. The molecule has 13 heavy (non-hydrogen) atoms. The first-order chi connectivity index (χ1) is 6.24. The highest BCUT2D eigenvalue weighted by Gasteiger charge is 2.14. The normalized spacial score (nSPS) is 19.4. The Kier molecular flexibility index (Phi) is 6.32. The third-order valence-corrected chi connectivity index (χ3v) is 2.06. The second-order valence-electron chi connectivity index (χ2n) is 2.87. The Balaban J connectivity index is 0.000000671. The summed E-state index contributed by atoms with van der Waals surface area (Å²) in [5, 5.41) is 0. The Morgan fingerprint density at radius 1 is 1.15 bits per heavy atom. The molecule has 0 aromatic carbocycles. The zero-order chi connectivity index (χ0) is 10.3. The molecule has 0 aromatic rings. The number of guanidine groups is 1. The van der Waals surface area contributed by atoms with Crippen LogP contribution in [0.15, 0.2) is 4.99 Å². The van der Waals surface area contributed by atoms with Crippen LogP contribution in [0.4, 0.5) is 0 Å². The monoisotopic (exact) mass is 186 g/mol. The van der Waals surface area contributed by atoms with Gasteiger partial charge in [0.15, 0.2) is 5.96 Å². The standard InChI is InChI=1S/C7H16N4.C2H6/c1-9-7(8)11-5-3-10(2)4-6-11;1-2/h3-6H2,1-2H3,(H2,8,9);1-2H3. The van der Waals surface area contributed by atoms with Crippen LogP contribution < -0.4 is 5.73 Å². The van der Waals surface area contributed by atoms with Gasteiger partial charge in [-0.2, -0.15) is 0 Å². The van der Waals surface area contributed by atoms with Gasteiger partial charge in [-0.15, -0.1) is 0 Å². The lowest BCUT2D eigenvalue weighted by Crippen LogP contribution is -2.49. The van der Waals surface area contributed by atoms with E-state index in [-0.39, 0.29) is 0 Å². The van der Waals surface area contributed by atoms with Gasteiger partial charge in [0, 0.05) is 33.2 Å². The Hall–Kier alpha value is -0.770. The number of nitrogens with zero attached hydrogens (tertiary/aromatic N) is 3. The summed E-state index contributed by atoms with van der Waals surface area (Å²) in [6, 6.07) is 0. The number of hydrogen-bond acceptors (Lipinski definition) is 2. The highest BCUT2D eigenvalue weighted by Crippen LogP contribution is 1.97. The summed E-state index contributed by atoms with van der Waals surface area (Å²) in [6.07, 6.45) is 0. The zero-order valence-corrected chi connectivity index (χ0v) is 9.25. The minimum absolute atomic E-state index is 0.665. The molecule has 0 aromatic heterocycles. The van der Waals surface area contributed by atoms with Crippen LogP contribution in [0.3, 0.4) is 0 Å². The summed E-state index contributed by atoms with van der Waals surface area (Å²) in [5.74, 6) is 0.665. The van der Waals surface area contributed by atoms with Crippen LogP contribution in [0.25, 0.3) is 0 Å². The van der Waals surface area contributed by atoms with Gasteiger partial charge in [-0.25, -0.2) is 0 Å². The molecular weight excluding hydrogens is 164 g/mol. The molecule has 0 saturated carbocycles. The predicted molar refractivity (Wildman–Crippen MR) is 58.0 cm³/mol. The maximum Gasteiger partial charge on any atom is 0.191 e. The van der Waals surface area contributed by atoms with Crippen LogP contribution in [-0.4, -0.2) is 56.0 Å². The quantitative estimate of drug-likeness (QED) is 0.434. The van der Waals surface area contributed by atoms with Crippen LogP contribution in [0.5, 0.6) is 0 Å². The van der Waals surface area contributed by atoms with Crippen molar-refractivity contribution < 1.29 is 0 Å². The number of hydrogen-bond donors (Lipinski definition) is 1. The third kappa shape index (κ3) is 4.12. The van der Waals surface area contributed by atoms with E-state index >= 15 is 0 Å². The number of likely N-dealkylation sites (N-methyl/N-ethyl adjacent to an activating group) is 1. The van der Waals surface area contributed by atoms with E-state index in [1.54, 1.807) is 7.05 Å². The molecule has 1 saturated heterocycles. The fourth-order valence-corrected chi connectivity index (χ4v) is 1.18. The molecule has 1 fully saturated rings. The minimum Gasteiger partial charge on any atom is -0.370 e. The van der Waals surface area contributed by atoms with Gasteiger partial charge in [-0.05, 0) is 7.05 Å². The summed E-state index contributed by atoms with van der Waals surface area (Å²) >= 11 is 0. The molecule has 1 heterocycles. The molecule has 2 N–H and O–H groups in total. The highest BCUT2D eigenvalue weighted by atomic mass is 15.3. The zero-order valence-electron chi connectivity index (χ0n) is 9.25. The molecule has 1 rings (SSSR count). The van der Waals surface area contributed by atoms with Crippen molar-refractivity contribution in [3.8, 4) is 0 Å². The van der Waals surface area contributed by atoms with Crippen molar-refractivity contribution in [2.45, 2.75) is 13.8 Å². The fraction of sp³-hybridized carbons (Fsp3) is 0.889. The van der Waals surface area contributed by atoms with Crippen molar-refractivity contribution in [2.24, 2.45) is 10.7 Å². The summed E-state index contributed by atoms with van der Waals surface area (Å²) in [6.45, 7) is 8.16. The molecule has 0 unspecified atom stereocenters. The van der Waals surface area contributed by atoms with Gasteiger partial charge in [0.2, 0.25) is 0 Å². The Bertz CT molecular complexity index is 148. The van der Waals surface area contributed by atoms with Crippen LogP contribution in [-0.2, 0) is 0 Å². The van der Waals surface area contributed by atoms with Gasteiger partial charge in [0.25, 0.3) is 0 Å². The molecule has 78 valence electrons. The molecule has 4 nitrogen and oxygen atoms in total. The molecule has 0 atom stereocenters. The van der Waals surface area contributed by atoms with E-state index in [0.717, 1.165) is 26.2 Å². The maximum atomic E-state index is 5.65. The first kappa shape index (κ1) is 12.2. The largest absolute Gasteiger partial charge is 0.370 e. The van der Waals surface area contributed by atoms with Crippen LogP contribution in [0, 0.1) is 0 Å². The Morgan fingerprint density at radius 2 is 1.62 bits per heavy atom. The second kappa shape index (κ2) is 6.71. The predicted octanol–water partition coefficient (Wildman–Crippen LogP) is 0.205. The minimum atomic E-state index is 0.665. The lowest BCUT2D eigenvalue weighted by atomic mass is 10.3. The van der Waals surface area contributed by atoms with Gasteiger partial charge in [-0.1, -0.05) is 13.8 Å². The van der Waals surface area contributed by atoms with E-state index in [0.29, 0.717) is 5.96 Å². The van der Waals surface area contributed by atoms with E-state index in [9.17, 15) is 0 Å². The molecular formula is C9H22N4. The van der Waals surface area contributed by atoms with Crippen LogP contribution in [0.2, 0.25) is 0 Å². The summed E-state index contributed by atoms with van der Waals surface area (Å²) < 4.78 is 0. The number of piperazine rings is 1. The molecule has 0 amide bonds. The first-order valence-electron chi connectivity index (χ1n) is 4.90. The van der Waals surface area contributed by atoms with E-state index in [1.807, 2.05) is 13.8 Å². The molecule has 0 spiro atoms. The van der Waals surface area contributed by atoms with Crippen LogP contribution in [0.1, 0.15) is 13.8 Å². The molecule has 0 bridgehead atoms. The van der Waals surface area contributed by atoms with Crippen molar-refractivity contribution >= 4 is 5.96 Å². The average Bonchev–Trinajstić information content (AvgIpc) is 2.21. The number of aliphatic imine (C=N–C) groups is 1. The lowest BCUT2D eigenvalue weighted by molar-refractivity contribution is 0.214. The maximum absolute atomic E-state index is 5.65. The van der Waals surface area contributed by atoms with E-state index < -0.39 is 0 Å². The Morgan fingerprint density at radius 3 is 2.00 bits per heavy atom. The highest BCUT2D eigenvalue weighted by molar-refractivity contribution is 5.77. The van der Waals surface area contributed by atoms with Crippen molar-refractivity contribution in [3.05, 3.63) is 0 Å². The SMILES string of the molecule is CC.CN=C(N)N1CCN(C)CC1. The van der Waals surface area contributed by atoms with E-state index in [4.69, 9.17) is 5.73 Å². The summed E-state index contributed by atoms with van der Waals surface area (Å²) in [5.41, 5.74) is 5.65. The van der Waals surface area contributed by atoms with Crippen molar-refractivity contribution in [3.63, 3.8) is 0 Å². The molecule has 1 aliphatic rings. The fourth-order valence-electron chi connectivity index (χ4n) is 1.18. The molecule has 0 radical (unpaired) electrons. The summed E-state index contributed by atoms with van der Waals surface area (Å²) in [4.78, 5) is 8.34. The molecule has 1 aliphatic heterocycles. The van der Waals surface area contributed by atoms with Gasteiger partial charge in [-0.3, -0.25) is 4.99 Å². The number of rotatable bonds is 0.